The van der Waals surface area contributed by atoms with Crippen LogP contribution in [0.4, 0.5) is 11.5 Å². The molecule has 6 nitrogen and oxygen atoms in total. The van der Waals surface area contributed by atoms with E-state index in [1.54, 1.807) is 4.90 Å². The van der Waals surface area contributed by atoms with Gasteiger partial charge in [-0.15, -0.1) is 0 Å². The second-order valence-corrected chi connectivity index (χ2v) is 5.17. The highest BCUT2D eigenvalue weighted by molar-refractivity contribution is 5.95. The number of nitrogens with zero attached hydrogens (tertiary/aromatic N) is 4. The molecule has 0 spiro atoms. The molecule has 6 heteroatoms. The summed E-state index contributed by atoms with van der Waals surface area (Å²) in [6, 6.07) is 7.87. The summed E-state index contributed by atoms with van der Waals surface area (Å²) in [5.41, 5.74) is 3.07. The second kappa shape index (κ2) is 7.36. The highest BCUT2D eigenvalue weighted by Crippen LogP contribution is 2.20. The number of nitriles is 1. The first-order chi connectivity index (χ1) is 11.1. The van der Waals surface area contributed by atoms with Gasteiger partial charge in [-0.25, -0.2) is 9.97 Å². The standard InChI is InChI=1S/C17H19N5O/c1-4-22(17-14(10-18)19-8-9-20-17)11-15(23)21-16-12(2)6-5-7-13(16)3/h5-9H,4,11H2,1-3H3,(H,21,23). The number of carbonyl (C=O) groups is 1. The molecule has 2 rings (SSSR count). The van der Waals surface area contributed by atoms with E-state index in [0.717, 1.165) is 16.8 Å². The molecule has 0 aliphatic heterocycles. The first-order valence-corrected chi connectivity index (χ1v) is 7.39. The Balaban J connectivity index is 2.16. The molecule has 1 heterocycles. The summed E-state index contributed by atoms with van der Waals surface area (Å²) in [5, 5.41) is 12.1. The van der Waals surface area contributed by atoms with E-state index in [1.165, 1.54) is 12.4 Å². The number of aryl methyl sites for hydroxylation is 2. The van der Waals surface area contributed by atoms with Gasteiger partial charge in [0.2, 0.25) is 5.91 Å². The fourth-order valence-corrected chi connectivity index (χ4v) is 2.34. The maximum Gasteiger partial charge on any atom is 0.243 e. The molecule has 0 radical (unpaired) electrons. The van der Waals surface area contributed by atoms with Crippen LogP contribution in [0, 0.1) is 25.2 Å². The predicted molar refractivity (Wildman–Crippen MR) is 89.2 cm³/mol. The number of benzene rings is 1. The third kappa shape index (κ3) is 3.83. The Morgan fingerprint density at radius 2 is 1.91 bits per heavy atom. The van der Waals surface area contributed by atoms with E-state index in [9.17, 15) is 4.79 Å². The van der Waals surface area contributed by atoms with E-state index >= 15 is 0 Å². The molecule has 0 aliphatic carbocycles. The van der Waals surface area contributed by atoms with Crippen molar-refractivity contribution in [2.45, 2.75) is 20.8 Å². The summed E-state index contributed by atoms with van der Waals surface area (Å²) < 4.78 is 0. The number of carbonyl (C=O) groups excluding carboxylic acids is 1. The largest absolute Gasteiger partial charge is 0.345 e. The molecule has 0 atom stereocenters. The average molecular weight is 309 g/mol. The number of hydrogen-bond donors (Lipinski definition) is 1. The van der Waals surface area contributed by atoms with E-state index in [4.69, 9.17) is 5.26 Å². The van der Waals surface area contributed by atoms with Crippen molar-refractivity contribution in [1.82, 2.24) is 9.97 Å². The number of para-hydroxylation sites is 1. The first-order valence-electron chi connectivity index (χ1n) is 7.39. The number of anilines is 2. The van der Waals surface area contributed by atoms with Crippen LogP contribution < -0.4 is 10.2 Å². The lowest BCUT2D eigenvalue weighted by molar-refractivity contribution is -0.115. The molecule has 0 saturated carbocycles. The molecule has 2 aromatic rings. The normalized spacial score (nSPS) is 10.0. The van der Waals surface area contributed by atoms with Gasteiger partial charge >= 0.3 is 0 Å². The summed E-state index contributed by atoms with van der Waals surface area (Å²) in [6.07, 6.45) is 2.98. The zero-order valence-corrected chi connectivity index (χ0v) is 13.5. The van der Waals surface area contributed by atoms with Gasteiger partial charge < -0.3 is 10.2 Å². The van der Waals surface area contributed by atoms with E-state index in [2.05, 4.69) is 15.3 Å². The number of hydrogen-bond acceptors (Lipinski definition) is 5. The van der Waals surface area contributed by atoms with Gasteiger partial charge in [-0.05, 0) is 31.9 Å². The summed E-state index contributed by atoms with van der Waals surface area (Å²) in [7, 11) is 0. The maximum atomic E-state index is 12.4. The van der Waals surface area contributed by atoms with Crippen molar-refractivity contribution in [2.75, 3.05) is 23.3 Å². The lowest BCUT2D eigenvalue weighted by Gasteiger charge is -2.22. The van der Waals surface area contributed by atoms with Gasteiger partial charge in [-0.3, -0.25) is 4.79 Å². The number of aromatic nitrogens is 2. The summed E-state index contributed by atoms with van der Waals surface area (Å²) in [6.45, 7) is 6.47. The van der Waals surface area contributed by atoms with E-state index in [1.807, 2.05) is 45.0 Å². The van der Waals surface area contributed by atoms with Crippen molar-refractivity contribution in [3.63, 3.8) is 0 Å². The summed E-state index contributed by atoms with van der Waals surface area (Å²) in [5.74, 6) is 0.271. The van der Waals surface area contributed by atoms with Crippen LogP contribution in [-0.2, 0) is 4.79 Å². The zero-order valence-electron chi connectivity index (χ0n) is 13.5. The quantitative estimate of drug-likeness (QED) is 0.917. The van der Waals surface area contributed by atoms with Crippen molar-refractivity contribution >= 4 is 17.4 Å². The fourth-order valence-electron chi connectivity index (χ4n) is 2.34. The summed E-state index contributed by atoms with van der Waals surface area (Å²) in [4.78, 5) is 22.3. The van der Waals surface area contributed by atoms with Gasteiger partial charge in [-0.1, -0.05) is 18.2 Å². The minimum absolute atomic E-state index is 0.109. The average Bonchev–Trinajstić information content (AvgIpc) is 2.56. The number of nitrogens with one attached hydrogen (secondary N) is 1. The second-order valence-electron chi connectivity index (χ2n) is 5.17. The van der Waals surface area contributed by atoms with Crippen LogP contribution in [0.2, 0.25) is 0 Å². The van der Waals surface area contributed by atoms with Gasteiger partial charge in [-0.2, -0.15) is 5.26 Å². The number of amides is 1. The Morgan fingerprint density at radius 3 is 2.52 bits per heavy atom. The topological polar surface area (TPSA) is 81.9 Å². The molecular formula is C17H19N5O. The van der Waals surface area contributed by atoms with Gasteiger partial charge in [0.15, 0.2) is 11.5 Å². The maximum absolute atomic E-state index is 12.4. The SMILES string of the molecule is CCN(CC(=O)Nc1c(C)cccc1C)c1nccnc1C#N. The molecule has 118 valence electrons. The Bertz CT molecular complexity index is 731. The molecular weight excluding hydrogens is 290 g/mol. The van der Waals surface area contributed by atoms with Crippen LogP contribution in [-0.4, -0.2) is 29.0 Å². The van der Waals surface area contributed by atoms with Crippen molar-refractivity contribution in [3.8, 4) is 6.07 Å². The van der Waals surface area contributed by atoms with Crippen LogP contribution >= 0.6 is 0 Å². The molecule has 1 aromatic heterocycles. The fraction of sp³-hybridized carbons (Fsp3) is 0.294. The number of rotatable bonds is 5. The Hall–Kier alpha value is -2.94. The van der Waals surface area contributed by atoms with Gasteiger partial charge in [0.05, 0.1) is 6.54 Å². The molecule has 0 saturated heterocycles. The first kappa shape index (κ1) is 16.4. The van der Waals surface area contributed by atoms with Crippen LogP contribution in [0.3, 0.4) is 0 Å². The smallest absolute Gasteiger partial charge is 0.243 e. The van der Waals surface area contributed by atoms with E-state index < -0.39 is 0 Å². The van der Waals surface area contributed by atoms with Crippen LogP contribution in [0.25, 0.3) is 0 Å². The van der Waals surface area contributed by atoms with Crippen LogP contribution in [0.15, 0.2) is 30.6 Å². The van der Waals surface area contributed by atoms with Crippen LogP contribution in [0.1, 0.15) is 23.7 Å². The van der Waals surface area contributed by atoms with E-state index in [0.29, 0.717) is 12.4 Å². The van der Waals surface area contributed by atoms with Crippen molar-refractivity contribution in [3.05, 3.63) is 47.4 Å². The molecule has 1 aromatic carbocycles. The van der Waals surface area contributed by atoms with Gasteiger partial charge in [0.25, 0.3) is 0 Å². The van der Waals surface area contributed by atoms with Crippen molar-refractivity contribution in [1.29, 1.82) is 5.26 Å². The minimum atomic E-state index is -0.154. The van der Waals surface area contributed by atoms with Crippen molar-refractivity contribution < 1.29 is 4.79 Å². The molecule has 0 aliphatic rings. The number of likely N-dealkylation sites (N-methyl/N-ethyl adjacent to an activating group) is 1. The van der Waals surface area contributed by atoms with Gasteiger partial charge in [0.1, 0.15) is 6.07 Å². The Morgan fingerprint density at radius 1 is 1.26 bits per heavy atom. The van der Waals surface area contributed by atoms with Gasteiger partial charge in [0, 0.05) is 24.6 Å². The monoisotopic (exact) mass is 309 g/mol. The zero-order chi connectivity index (χ0) is 16.8. The molecule has 1 N–H and O–H groups in total. The third-order valence-corrected chi connectivity index (χ3v) is 3.55. The lowest BCUT2D eigenvalue weighted by atomic mass is 10.1. The van der Waals surface area contributed by atoms with E-state index in [-0.39, 0.29) is 18.1 Å². The molecule has 0 bridgehead atoms. The van der Waals surface area contributed by atoms with Crippen molar-refractivity contribution in [2.24, 2.45) is 0 Å². The lowest BCUT2D eigenvalue weighted by Crippen LogP contribution is -2.34. The predicted octanol–water partition coefficient (Wildman–Crippen LogP) is 2.43. The highest BCUT2D eigenvalue weighted by Gasteiger charge is 2.16. The Kier molecular flexibility index (Phi) is 5.26. The van der Waals surface area contributed by atoms with Crippen LogP contribution in [0.5, 0.6) is 0 Å². The molecule has 0 fully saturated rings. The highest BCUT2D eigenvalue weighted by atomic mass is 16.2. The minimum Gasteiger partial charge on any atom is -0.345 e. The molecule has 23 heavy (non-hydrogen) atoms. The molecule has 0 unspecified atom stereocenters. The summed E-state index contributed by atoms with van der Waals surface area (Å²) >= 11 is 0. The third-order valence-electron chi connectivity index (χ3n) is 3.55. The molecule has 1 amide bonds. The Labute approximate surface area is 135 Å².